The molecule has 0 amide bonds. The van der Waals surface area contributed by atoms with E-state index in [9.17, 15) is 0 Å². The smallest absolute Gasteiger partial charge is 0.137 e. The molecule has 0 N–H and O–H groups in total. The predicted molar refractivity (Wildman–Crippen MR) is 73.2 cm³/mol. The second-order valence-corrected chi connectivity index (χ2v) is 5.09. The maximum atomic E-state index is 6.14. The lowest BCUT2D eigenvalue weighted by molar-refractivity contribution is 0.143. The summed E-state index contributed by atoms with van der Waals surface area (Å²) in [6, 6.07) is 0. The zero-order chi connectivity index (χ0) is 13.0. The molecule has 1 aliphatic rings. The van der Waals surface area contributed by atoms with Gasteiger partial charge in [0.05, 0.1) is 6.61 Å². The van der Waals surface area contributed by atoms with Crippen LogP contribution < -0.4 is 4.90 Å². The molecule has 2 heterocycles. The Bertz CT molecular complexity index is 398. The van der Waals surface area contributed by atoms with Crippen LogP contribution in [0.1, 0.15) is 25.3 Å². The Morgan fingerprint density at radius 1 is 1.50 bits per heavy atom. The van der Waals surface area contributed by atoms with Gasteiger partial charge in [0, 0.05) is 25.8 Å². The van der Waals surface area contributed by atoms with Crippen LogP contribution >= 0.6 is 11.6 Å². The van der Waals surface area contributed by atoms with E-state index in [1.54, 1.807) is 13.4 Å². The molecule has 1 unspecified atom stereocenters. The Morgan fingerprint density at radius 3 is 3.06 bits per heavy atom. The third-order valence-corrected chi connectivity index (χ3v) is 3.77. The Kier molecular flexibility index (Phi) is 4.78. The molecule has 1 saturated heterocycles. The highest BCUT2D eigenvalue weighted by atomic mass is 35.5. The maximum Gasteiger partial charge on any atom is 0.137 e. The van der Waals surface area contributed by atoms with Gasteiger partial charge >= 0.3 is 0 Å². The first-order chi connectivity index (χ1) is 8.76. The van der Waals surface area contributed by atoms with E-state index in [0.29, 0.717) is 11.1 Å². The molecule has 1 fully saturated rings. The lowest BCUT2D eigenvalue weighted by atomic mass is 9.98. The van der Waals surface area contributed by atoms with Crippen molar-refractivity contribution < 1.29 is 4.74 Å². The van der Waals surface area contributed by atoms with Crippen molar-refractivity contribution in [2.75, 3.05) is 31.7 Å². The molecule has 0 spiro atoms. The van der Waals surface area contributed by atoms with Crippen molar-refractivity contribution in [2.45, 2.75) is 26.2 Å². The fourth-order valence-corrected chi connectivity index (χ4v) is 2.85. The van der Waals surface area contributed by atoms with E-state index in [-0.39, 0.29) is 0 Å². The average Bonchev–Trinajstić information content (AvgIpc) is 2.39. The minimum atomic E-state index is 0.580. The summed E-state index contributed by atoms with van der Waals surface area (Å²) in [7, 11) is 1.76. The van der Waals surface area contributed by atoms with Crippen LogP contribution in [0.15, 0.2) is 6.33 Å². The summed E-state index contributed by atoms with van der Waals surface area (Å²) in [4.78, 5) is 10.8. The number of halogens is 1. The van der Waals surface area contributed by atoms with Gasteiger partial charge in [-0.25, -0.2) is 9.97 Å². The number of piperidine rings is 1. The van der Waals surface area contributed by atoms with Gasteiger partial charge in [0.1, 0.15) is 17.3 Å². The number of anilines is 1. The Labute approximate surface area is 113 Å². The monoisotopic (exact) mass is 269 g/mol. The second kappa shape index (κ2) is 6.34. The normalized spacial score (nSPS) is 20.2. The van der Waals surface area contributed by atoms with Crippen molar-refractivity contribution in [3.05, 3.63) is 17.0 Å². The predicted octanol–water partition coefficient (Wildman–Crippen LogP) is 2.56. The van der Waals surface area contributed by atoms with Crippen molar-refractivity contribution in [3.8, 4) is 0 Å². The molecule has 0 radical (unpaired) electrons. The summed E-state index contributed by atoms with van der Waals surface area (Å²) in [5.74, 6) is 1.58. The molecule has 18 heavy (non-hydrogen) atoms. The van der Waals surface area contributed by atoms with Gasteiger partial charge in [-0.05, 0) is 25.2 Å². The summed E-state index contributed by atoms with van der Waals surface area (Å²) < 4.78 is 5.26. The van der Waals surface area contributed by atoms with Crippen LogP contribution in [0.5, 0.6) is 0 Å². The minimum absolute atomic E-state index is 0.580. The first-order valence-electron chi connectivity index (χ1n) is 6.49. The molecule has 1 aromatic rings. The maximum absolute atomic E-state index is 6.14. The van der Waals surface area contributed by atoms with Gasteiger partial charge < -0.3 is 9.64 Å². The first kappa shape index (κ1) is 13.6. The number of ether oxygens (including phenoxy) is 1. The molecule has 0 aliphatic carbocycles. The van der Waals surface area contributed by atoms with Crippen LogP contribution in [0.2, 0.25) is 5.15 Å². The fraction of sp³-hybridized carbons (Fsp3) is 0.692. The van der Waals surface area contributed by atoms with Gasteiger partial charge in [-0.3, -0.25) is 0 Å². The summed E-state index contributed by atoms with van der Waals surface area (Å²) in [5.41, 5.74) is 1.05. The van der Waals surface area contributed by atoms with Crippen LogP contribution in [-0.4, -0.2) is 36.8 Å². The number of rotatable bonds is 4. The largest absolute Gasteiger partial charge is 0.384 e. The molecular weight excluding hydrogens is 250 g/mol. The molecule has 100 valence electrons. The van der Waals surface area contributed by atoms with E-state index in [2.05, 4.69) is 21.8 Å². The molecule has 1 atom stereocenters. The molecule has 0 saturated carbocycles. The number of aromatic nitrogens is 2. The van der Waals surface area contributed by atoms with Crippen LogP contribution in [-0.2, 0) is 11.2 Å². The summed E-state index contributed by atoms with van der Waals surface area (Å²) in [5, 5.41) is 0.580. The van der Waals surface area contributed by atoms with Crippen molar-refractivity contribution >= 4 is 17.4 Å². The third-order valence-electron chi connectivity index (χ3n) is 3.44. The van der Waals surface area contributed by atoms with Gasteiger partial charge in [-0.1, -0.05) is 18.5 Å². The van der Waals surface area contributed by atoms with Gasteiger partial charge in [-0.15, -0.1) is 0 Å². The van der Waals surface area contributed by atoms with Crippen molar-refractivity contribution in [2.24, 2.45) is 5.92 Å². The Morgan fingerprint density at radius 2 is 2.33 bits per heavy atom. The minimum Gasteiger partial charge on any atom is -0.384 e. The quantitative estimate of drug-likeness (QED) is 0.788. The molecular formula is C13H20ClN3O. The molecule has 2 rings (SSSR count). The van der Waals surface area contributed by atoms with E-state index in [1.807, 2.05) is 0 Å². The highest BCUT2D eigenvalue weighted by Crippen LogP contribution is 2.27. The molecule has 0 aromatic carbocycles. The lowest BCUT2D eigenvalue weighted by Crippen LogP contribution is -2.38. The molecule has 1 aromatic heterocycles. The van der Waals surface area contributed by atoms with Gasteiger partial charge in [0.15, 0.2) is 0 Å². The van der Waals surface area contributed by atoms with E-state index in [1.165, 1.54) is 12.8 Å². The Balaban J connectivity index is 2.18. The second-order valence-electron chi connectivity index (χ2n) is 4.73. The van der Waals surface area contributed by atoms with E-state index < -0.39 is 0 Å². The van der Waals surface area contributed by atoms with E-state index in [4.69, 9.17) is 16.3 Å². The highest BCUT2D eigenvalue weighted by molar-refractivity contribution is 6.30. The lowest BCUT2D eigenvalue weighted by Gasteiger charge is -2.34. The number of nitrogens with zero attached hydrogens (tertiary/aromatic N) is 3. The molecule has 0 bridgehead atoms. The molecule has 1 aliphatic heterocycles. The van der Waals surface area contributed by atoms with Crippen LogP contribution in [0.25, 0.3) is 0 Å². The van der Waals surface area contributed by atoms with E-state index >= 15 is 0 Å². The topological polar surface area (TPSA) is 38.2 Å². The first-order valence-corrected chi connectivity index (χ1v) is 6.87. The summed E-state index contributed by atoms with van der Waals surface area (Å²) >= 11 is 6.14. The fourth-order valence-electron chi connectivity index (χ4n) is 2.59. The standard InChI is InChI=1S/C13H20ClN3O/c1-3-11-12(14)15-9-16-13(11)17-6-4-5-10(7-17)8-18-2/h9-10H,3-8H2,1-2H3. The van der Waals surface area contributed by atoms with Crippen molar-refractivity contribution in [1.82, 2.24) is 9.97 Å². The van der Waals surface area contributed by atoms with Crippen molar-refractivity contribution in [1.29, 1.82) is 0 Å². The summed E-state index contributed by atoms with van der Waals surface area (Å²) in [6.07, 6.45) is 4.82. The van der Waals surface area contributed by atoms with Crippen LogP contribution in [0.3, 0.4) is 0 Å². The molecule has 5 heteroatoms. The number of methoxy groups -OCH3 is 1. The summed E-state index contributed by atoms with van der Waals surface area (Å²) in [6.45, 7) is 4.94. The third kappa shape index (κ3) is 2.93. The van der Waals surface area contributed by atoms with Crippen LogP contribution in [0, 0.1) is 5.92 Å². The zero-order valence-electron chi connectivity index (χ0n) is 11.0. The van der Waals surface area contributed by atoms with E-state index in [0.717, 1.165) is 37.5 Å². The number of hydrogen-bond donors (Lipinski definition) is 0. The Hall–Kier alpha value is -0.870. The SMILES string of the molecule is CCc1c(Cl)ncnc1N1CCCC(COC)C1. The zero-order valence-corrected chi connectivity index (χ0v) is 11.8. The van der Waals surface area contributed by atoms with Gasteiger partial charge in [0.25, 0.3) is 0 Å². The molecule has 4 nitrogen and oxygen atoms in total. The van der Waals surface area contributed by atoms with Gasteiger partial charge in [-0.2, -0.15) is 0 Å². The van der Waals surface area contributed by atoms with Gasteiger partial charge in [0.2, 0.25) is 0 Å². The highest BCUT2D eigenvalue weighted by Gasteiger charge is 2.23. The van der Waals surface area contributed by atoms with Crippen molar-refractivity contribution in [3.63, 3.8) is 0 Å². The number of hydrogen-bond acceptors (Lipinski definition) is 4. The van der Waals surface area contributed by atoms with Crippen LogP contribution in [0.4, 0.5) is 5.82 Å². The average molecular weight is 270 g/mol.